The zero-order chi connectivity index (χ0) is 16.9. The van der Waals surface area contributed by atoms with Gasteiger partial charge in [0.1, 0.15) is 5.82 Å². The van der Waals surface area contributed by atoms with Crippen LogP contribution in [0.5, 0.6) is 0 Å². The lowest BCUT2D eigenvalue weighted by Crippen LogP contribution is -2.36. The molecule has 5 heteroatoms. The van der Waals surface area contributed by atoms with Crippen LogP contribution in [0.3, 0.4) is 0 Å². The van der Waals surface area contributed by atoms with Crippen LogP contribution < -0.4 is 10.6 Å². The van der Waals surface area contributed by atoms with E-state index in [9.17, 15) is 9.18 Å². The minimum atomic E-state index is -0.424. The lowest BCUT2D eigenvalue weighted by molar-refractivity contribution is 0.0944. The number of piperidine rings is 1. The number of hydrogen-bond acceptors (Lipinski definition) is 2. The van der Waals surface area contributed by atoms with Crippen LogP contribution in [0.15, 0.2) is 42.5 Å². The topological polar surface area (TPSA) is 41.1 Å². The van der Waals surface area contributed by atoms with E-state index in [2.05, 4.69) is 10.6 Å². The molecule has 2 N–H and O–H groups in total. The summed E-state index contributed by atoms with van der Waals surface area (Å²) in [4.78, 5) is 12.6. The number of rotatable bonds is 4. The fraction of sp³-hybridized carbons (Fsp3) is 0.316. The molecule has 0 aliphatic carbocycles. The van der Waals surface area contributed by atoms with Crippen LogP contribution in [0.2, 0.25) is 5.02 Å². The molecule has 1 heterocycles. The van der Waals surface area contributed by atoms with Gasteiger partial charge in [0.25, 0.3) is 5.91 Å². The van der Waals surface area contributed by atoms with Crippen LogP contribution in [-0.2, 0) is 0 Å². The van der Waals surface area contributed by atoms with Crippen molar-refractivity contribution < 1.29 is 9.18 Å². The van der Waals surface area contributed by atoms with Crippen LogP contribution in [-0.4, -0.2) is 25.5 Å². The van der Waals surface area contributed by atoms with E-state index >= 15 is 0 Å². The van der Waals surface area contributed by atoms with Crippen LogP contribution in [0, 0.1) is 11.7 Å². The first kappa shape index (κ1) is 16.9. The third kappa shape index (κ3) is 3.94. The molecule has 24 heavy (non-hydrogen) atoms. The number of hydrogen-bond donors (Lipinski definition) is 2. The standard InChI is InChI=1S/C19H20ClFN2O/c20-15-4-1-3-14(11-15)18-16(5-2-6-17(18)21)19(24)23-12-13-7-9-22-10-8-13/h1-6,11,13,22H,7-10,12H2,(H,23,24). The van der Waals surface area contributed by atoms with Gasteiger partial charge in [-0.3, -0.25) is 4.79 Å². The Morgan fingerprint density at radius 2 is 1.96 bits per heavy atom. The largest absolute Gasteiger partial charge is 0.352 e. The fourth-order valence-electron chi connectivity index (χ4n) is 3.07. The molecule has 3 rings (SSSR count). The quantitative estimate of drug-likeness (QED) is 0.882. The average molecular weight is 347 g/mol. The second kappa shape index (κ2) is 7.77. The highest BCUT2D eigenvalue weighted by molar-refractivity contribution is 6.30. The van der Waals surface area contributed by atoms with Gasteiger partial charge in [0.05, 0.1) is 5.56 Å². The van der Waals surface area contributed by atoms with Gasteiger partial charge in [-0.05, 0) is 61.7 Å². The summed E-state index contributed by atoms with van der Waals surface area (Å²) in [5.41, 5.74) is 1.24. The normalized spacial score (nSPS) is 15.2. The molecule has 0 aromatic heterocycles. The van der Waals surface area contributed by atoms with Crippen LogP contribution in [0.4, 0.5) is 4.39 Å². The minimum absolute atomic E-state index is 0.247. The summed E-state index contributed by atoms with van der Waals surface area (Å²) < 4.78 is 14.4. The molecule has 0 atom stereocenters. The Hall–Kier alpha value is -1.91. The van der Waals surface area contributed by atoms with Gasteiger partial charge in [-0.1, -0.05) is 29.8 Å². The molecule has 0 unspecified atom stereocenters. The van der Waals surface area contributed by atoms with E-state index in [0.29, 0.717) is 34.2 Å². The van der Waals surface area contributed by atoms with Crippen molar-refractivity contribution in [2.24, 2.45) is 5.92 Å². The van der Waals surface area contributed by atoms with Gasteiger partial charge >= 0.3 is 0 Å². The molecule has 1 aliphatic heterocycles. The van der Waals surface area contributed by atoms with Crippen molar-refractivity contribution in [1.82, 2.24) is 10.6 Å². The van der Waals surface area contributed by atoms with Gasteiger partial charge in [-0.15, -0.1) is 0 Å². The van der Waals surface area contributed by atoms with Crippen molar-refractivity contribution in [1.29, 1.82) is 0 Å². The third-order valence-electron chi connectivity index (χ3n) is 4.38. The molecule has 1 aliphatic rings. The highest BCUT2D eigenvalue weighted by atomic mass is 35.5. The van der Waals surface area contributed by atoms with E-state index in [0.717, 1.165) is 25.9 Å². The first-order chi connectivity index (χ1) is 11.6. The molecule has 1 fully saturated rings. The summed E-state index contributed by atoms with van der Waals surface area (Å²) in [6.45, 7) is 2.58. The van der Waals surface area contributed by atoms with E-state index in [1.165, 1.54) is 6.07 Å². The van der Waals surface area contributed by atoms with Crippen molar-refractivity contribution in [3.05, 3.63) is 58.9 Å². The van der Waals surface area contributed by atoms with Crippen molar-refractivity contribution in [2.45, 2.75) is 12.8 Å². The zero-order valence-electron chi connectivity index (χ0n) is 13.3. The number of amides is 1. The molecule has 0 spiro atoms. The molecular formula is C19H20ClFN2O. The zero-order valence-corrected chi connectivity index (χ0v) is 14.1. The number of nitrogens with one attached hydrogen (secondary N) is 2. The lowest BCUT2D eigenvalue weighted by atomic mass is 9.96. The van der Waals surface area contributed by atoms with Crippen molar-refractivity contribution in [2.75, 3.05) is 19.6 Å². The van der Waals surface area contributed by atoms with Crippen LogP contribution >= 0.6 is 11.6 Å². The first-order valence-corrected chi connectivity index (χ1v) is 8.56. The number of carbonyl (C=O) groups is 1. The Morgan fingerprint density at radius 3 is 2.71 bits per heavy atom. The highest BCUT2D eigenvalue weighted by Crippen LogP contribution is 2.29. The summed E-state index contributed by atoms with van der Waals surface area (Å²) >= 11 is 6.01. The van der Waals surface area contributed by atoms with E-state index in [-0.39, 0.29) is 5.91 Å². The molecule has 0 saturated carbocycles. The number of carbonyl (C=O) groups excluding carboxylic acids is 1. The van der Waals surface area contributed by atoms with Crippen LogP contribution in [0.25, 0.3) is 11.1 Å². The Morgan fingerprint density at radius 1 is 1.21 bits per heavy atom. The molecule has 2 aromatic carbocycles. The van der Waals surface area contributed by atoms with E-state index in [1.807, 2.05) is 0 Å². The van der Waals surface area contributed by atoms with Gasteiger partial charge in [0.15, 0.2) is 0 Å². The summed E-state index contributed by atoms with van der Waals surface area (Å²) in [5.74, 6) is -0.201. The Bertz CT molecular complexity index is 729. The monoisotopic (exact) mass is 346 g/mol. The smallest absolute Gasteiger partial charge is 0.252 e. The fourth-order valence-corrected chi connectivity index (χ4v) is 3.26. The van der Waals surface area contributed by atoms with Crippen LogP contribution in [0.1, 0.15) is 23.2 Å². The van der Waals surface area contributed by atoms with E-state index in [4.69, 9.17) is 11.6 Å². The van der Waals surface area contributed by atoms with Gasteiger partial charge in [0.2, 0.25) is 0 Å². The molecule has 126 valence electrons. The predicted molar refractivity (Wildman–Crippen MR) is 94.8 cm³/mol. The van der Waals surface area contributed by atoms with Crippen molar-refractivity contribution >= 4 is 17.5 Å². The second-order valence-corrected chi connectivity index (χ2v) is 6.51. The van der Waals surface area contributed by atoms with Gasteiger partial charge in [0, 0.05) is 17.1 Å². The summed E-state index contributed by atoms with van der Waals surface area (Å²) in [6.07, 6.45) is 2.09. The van der Waals surface area contributed by atoms with Gasteiger partial charge < -0.3 is 10.6 Å². The molecule has 1 saturated heterocycles. The third-order valence-corrected chi connectivity index (χ3v) is 4.62. The summed E-state index contributed by atoms with van der Waals surface area (Å²) in [7, 11) is 0. The summed E-state index contributed by atoms with van der Waals surface area (Å²) in [5, 5.41) is 6.77. The highest BCUT2D eigenvalue weighted by Gasteiger charge is 2.19. The minimum Gasteiger partial charge on any atom is -0.352 e. The maximum absolute atomic E-state index is 14.4. The van der Waals surface area contributed by atoms with Crippen molar-refractivity contribution in [3.8, 4) is 11.1 Å². The average Bonchev–Trinajstić information content (AvgIpc) is 2.60. The SMILES string of the molecule is O=C(NCC1CCNCC1)c1cccc(F)c1-c1cccc(Cl)c1. The number of halogens is 2. The predicted octanol–water partition coefficient (Wildman–Crippen LogP) is 3.88. The number of benzene rings is 2. The molecule has 3 nitrogen and oxygen atoms in total. The maximum atomic E-state index is 14.4. The molecule has 0 radical (unpaired) electrons. The Kier molecular flexibility index (Phi) is 5.48. The van der Waals surface area contributed by atoms with Gasteiger partial charge in [-0.25, -0.2) is 4.39 Å². The lowest BCUT2D eigenvalue weighted by Gasteiger charge is -2.23. The molecule has 1 amide bonds. The Labute approximate surface area is 146 Å². The summed E-state index contributed by atoms with van der Waals surface area (Å²) in [6, 6.07) is 11.5. The van der Waals surface area contributed by atoms with E-state index < -0.39 is 5.82 Å². The maximum Gasteiger partial charge on any atom is 0.252 e. The molecule has 2 aromatic rings. The molecular weight excluding hydrogens is 327 g/mol. The second-order valence-electron chi connectivity index (χ2n) is 6.08. The first-order valence-electron chi connectivity index (χ1n) is 8.18. The van der Waals surface area contributed by atoms with E-state index in [1.54, 1.807) is 36.4 Å². The van der Waals surface area contributed by atoms with Gasteiger partial charge in [-0.2, -0.15) is 0 Å². The molecule has 0 bridgehead atoms. The Balaban J connectivity index is 1.82. The van der Waals surface area contributed by atoms with Crippen molar-refractivity contribution in [3.63, 3.8) is 0 Å².